The average Bonchev–Trinajstić information content (AvgIpc) is 2.85. The number of carbonyl (C=O) groups is 1. The van der Waals surface area contributed by atoms with Gasteiger partial charge < -0.3 is 19.8 Å². The van der Waals surface area contributed by atoms with Crippen LogP contribution in [0.1, 0.15) is 38.7 Å². The summed E-state index contributed by atoms with van der Waals surface area (Å²) in [7, 11) is 0. The molecule has 1 aliphatic heterocycles. The van der Waals surface area contributed by atoms with Crippen LogP contribution in [-0.4, -0.2) is 52.6 Å². The lowest BCUT2D eigenvalue weighted by Gasteiger charge is -2.29. The van der Waals surface area contributed by atoms with Crippen molar-refractivity contribution in [3.05, 3.63) is 35.9 Å². The first kappa shape index (κ1) is 17.8. The molecule has 5 nitrogen and oxygen atoms in total. The van der Waals surface area contributed by atoms with Gasteiger partial charge in [0.05, 0.1) is 12.6 Å². The molecule has 23 heavy (non-hydrogen) atoms. The molecule has 1 aliphatic rings. The van der Waals surface area contributed by atoms with Gasteiger partial charge in [-0.25, -0.2) is 4.79 Å². The van der Waals surface area contributed by atoms with E-state index in [0.29, 0.717) is 13.0 Å². The Hall–Kier alpha value is -1.59. The molecule has 1 aromatic rings. The highest BCUT2D eigenvalue weighted by Crippen LogP contribution is 2.39. The van der Waals surface area contributed by atoms with E-state index in [9.17, 15) is 15.0 Å². The molecular formula is C18H27NO4. The molecule has 1 fully saturated rings. The summed E-state index contributed by atoms with van der Waals surface area (Å²) < 4.78 is 5.48. The van der Waals surface area contributed by atoms with Crippen LogP contribution in [0.25, 0.3) is 0 Å². The molecule has 5 heteroatoms. The third-order valence-electron chi connectivity index (χ3n) is 4.31. The van der Waals surface area contributed by atoms with Gasteiger partial charge >= 0.3 is 6.09 Å². The predicted octanol–water partition coefficient (Wildman–Crippen LogP) is 2.38. The number of carbonyl (C=O) groups excluding carboxylic acids is 1. The van der Waals surface area contributed by atoms with Crippen LogP contribution in [0.2, 0.25) is 0 Å². The molecule has 3 atom stereocenters. The summed E-state index contributed by atoms with van der Waals surface area (Å²) >= 11 is 0. The van der Waals surface area contributed by atoms with E-state index >= 15 is 0 Å². The summed E-state index contributed by atoms with van der Waals surface area (Å²) in [4.78, 5) is 14.1. The van der Waals surface area contributed by atoms with Gasteiger partial charge in [0.15, 0.2) is 0 Å². The Bertz CT molecular complexity index is 512. The molecule has 0 aromatic heterocycles. The lowest BCUT2D eigenvalue weighted by atomic mass is 9.83. The van der Waals surface area contributed by atoms with Crippen LogP contribution in [-0.2, 0) is 4.74 Å². The van der Waals surface area contributed by atoms with Crippen molar-refractivity contribution in [2.45, 2.75) is 44.8 Å². The smallest absolute Gasteiger partial charge is 0.410 e. The van der Waals surface area contributed by atoms with Crippen LogP contribution in [0.4, 0.5) is 4.79 Å². The van der Waals surface area contributed by atoms with Crippen molar-refractivity contribution in [3.8, 4) is 0 Å². The Morgan fingerprint density at radius 2 is 1.91 bits per heavy atom. The van der Waals surface area contributed by atoms with Gasteiger partial charge in [0.1, 0.15) is 5.60 Å². The lowest BCUT2D eigenvalue weighted by molar-refractivity contribution is 0.0137. The van der Waals surface area contributed by atoms with Crippen LogP contribution in [0.15, 0.2) is 30.3 Å². The maximum Gasteiger partial charge on any atom is 0.410 e. The number of rotatable bonds is 4. The zero-order valence-electron chi connectivity index (χ0n) is 14.1. The van der Waals surface area contributed by atoms with Crippen LogP contribution in [0.5, 0.6) is 0 Å². The number of benzene rings is 1. The van der Waals surface area contributed by atoms with E-state index in [2.05, 4.69) is 0 Å². The number of hydrogen-bond donors (Lipinski definition) is 2. The minimum Gasteiger partial charge on any atom is -0.444 e. The highest BCUT2D eigenvalue weighted by molar-refractivity contribution is 5.69. The predicted molar refractivity (Wildman–Crippen MR) is 88.2 cm³/mol. The third kappa shape index (κ3) is 4.24. The number of likely N-dealkylation sites (tertiary alicyclic amines) is 1. The zero-order chi connectivity index (χ0) is 17.0. The van der Waals surface area contributed by atoms with Gasteiger partial charge in [-0.3, -0.25) is 0 Å². The number of hydrogen-bond acceptors (Lipinski definition) is 4. The fraction of sp³-hybridized carbons (Fsp3) is 0.611. The van der Waals surface area contributed by atoms with E-state index in [0.717, 1.165) is 5.56 Å². The number of aliphatic hydroxyl groups excluding tert-OH is 2. The summed E-state index contributed by atoms with van der Waals surface area (Å²) in [6.45, 7) is 5.88. The molecule has 2 N–H and O–H groups in total. The van der Waals surface area contributed by atoms with Crippen LogP contribution in [0, 0.1) is 5.92 Å². The summed E-state index contributed by atoms with van der Waals surface area (Å²) in [5.41, 5.74) is 0.546. The maximum atomic E-state index is 12.5. The molecule has 0 bridgehead atoms. The van der Waals surface area contributed by atoms with E-state index < -0.39 is 11.7 Å². The monoisotopic (exact) mass is 321 g/mol. The fourth-order valence-electron chi connectivity index (χ4n) is 3.34. The summed E-state index contributed by atoms with van der Waals surface area (Å²) in [5, 5.41) is 19.2. The van der Waals surface area contributed by atoms with E-state index in [1.54, 1.807) is 4.90 Å². The number of amides is 1. The second kappa shape index (κ2) is 7.32. The zero-order valence-corrected chi connectivity index (χ0v) is 14.1. The minimum atomic E-state index is -0.575. The van der Waals surface area contributed by atoms with E-state index in [1.165, 1.54) is 0 Å². The minimum absolute atomic E-state index is 0.0138. The van der Waals surface area contributed by atoms with E-state index in [-0.39, 0.29) is 31.1 Å². The molecule has 0 saturated carbocycles. The molecule has 0 radical (unpaired) electrons. The Kier molecular flexibility index (Phi) is 5.65. The summed E-state index contributed by atoms with van der Waals surface area (Å²) in [6, 6.07) is 9.62. The van der Waals surface area contributed by atoms with Gasteiger partial charge in [-0.1, -0.05) is 30.3 Å². The van der Waals surface area contributed by atoms with Crippen molar-refractivity contribution in [2.24, 2.45) is 5.92 Å². The molecule has 1 aromatic carbocycles. The van der Waals surface area contributed by atoms with Crippen molar-refractivity contribution in [1.82, 2.24) is 4.90 Å². The molecule has 0 aliphatic carbocycles. The quantitative estimate of drug-likeness (QED) is 0.893. The Morgan fingerprint density at radius 3 is 2.43 bits per heavy atom. The van der Waals surface area contributed by atoms with Crippen LogP contribution in [0.3, 0.4) is 0 Å². The molecule has 128 valence electrons. The van der Waals surface area contributed by atoms with Crippen molar-refractivity contribution in [3.63, 3.8) is 0 Å². The van der Waals surface area contributed by atoms with Gasteiger partial charge in [-0.2, -0.15) is 0 Å². The average molecular weight is 321 g/mol. The van der Waals surface area contributed by atoms with Crippen molar-refractivity contribution in [1.29, 1.82) is 0 Å². The molecule has 0 spiro atoms. The highest BCUT2D eigenvalue weighted by atomic mass is 16.6. The Balaban J connectivity index is 2.26. The van der Waals surface area contributed by atoms with Crippen molar-refractivity contribution in [2.75, 3.05) is 19.8 Å². The first-order valence-corrected chi connectivity index (χ1v) is 8.13. The Morgan fingerprint density at radius 1 is 1.26 bits per heavy atom. The normalized spacial score (nSPS) is 24.7. The fourth-order valence-corrected chi connectivity index (χ4v) is 3.34. The topological polar surface area (TPSA) is 70.0 Å². The SMILES string of the molecule is CC(C)(C)OC(=O)N1C[C@@H](c2ccccc2)[C@H](CCO)[C@H]1CO. The number of aliphatic hydroxyl groups is 2. The second-order valence-corrected chi connectivity index (χ2v) is 7.08. The largest absolute Gasteiger partial charge is 0.444 e. The van der Waals surface area contributed by atoms with Gasteiger partial charge in [-0.05, 0) is 38.7 Å². The highest BCUT2D eigenvalue weighted by Gasteiger charge is 2.45. The van der Waals surface area contributed by atoms with E-state index in [1.807, 2.05) is 51.1 Å². The second-order valence-electron chi connectivity index (χ2n) is 7.08. The Labute approximate surface area is 137 Å². The maximum absolute atomic E-state index is 12.5. The molecule has 1 amide bonds. The first-order chi connectivity index (χ1) is 10.9. The third-order valence-corrected chi connectivity index (χ3v) is 4.31. The van der Waals surface area contributed by atoms with Gasteiger partial charge in [-0.15, -0.1) is 0 Å². The molecule has 2 rings (SSSR count). The summed E-state index contributed by atoms with van der Waals surface area (Å²) in [5.74, 6) is 0.105. The molecule has 1 saturated heterocycles. The van der Waals surface area contributed by atoms with Gasteiger partial charge in [0.25, 0.3) is 0 Å². The lowest BCUT2D eigenvalue weighted by Crippen LogP contribution is -2.43. The van der Waals surface area contributed by atoms with Crippen molar-refractivity contribution >= 4 is 6.09 Å². The van der Waals surface area contributed by atoms with Crippen molar-refractivity contribution < 1.29 is 19.7 Å². The molecular weight excluding hydrogens is 294 g/mol. The number of ether oxygens (including phenoxy) is 1. The first-order valence-electron chi connectivity index (χ1n) is 8.13. The number of nitrogens with zero attached hydrogens (tertiary/aromatic N) is 1. The standard InChI is InChI=1S/C18H27NO4/c1-18(2,3)23-17(22)19-11-15(13-7-5-4-6-8-13)14(9-10-20)16(19)12-21/h4-8,14-16,20-21H,9-12H2,1-3H3/t14-,15-,16+/m0/s1. The summed E-state index contributed by atoms with van der Waals surface area (Å²) in [6.07, 6.45) is 0.141. The van der Waals surface area contributed by atoms with Gasteiger partial charge in [0, 0.05) is 19.1 Å². The van der Waals surface area contributed by atoms with E-state index in [4.69, 9.17) is 4.74 Å². The van der Waals surface area contributed by atoms with Crippen LogP contribution >= 0.6 is 0 Å². The van der Waals surface area contributed by atoms with Crippen LogP contribution < -0.4 is 0 Å². The molecule has 0 unspecified atom stereocenters. The molecule has 1 heterocycles. The van der Waals surface area contributed by atoms with Gasteiger partial charge in [0.2, 0.25) is 0 Å².